The van der Waals surface area contributed by atoms with Crippen LogP contribution in [0.4, 0.5) is 5.69 Å². The van der Waals surface area contributed by atoms with Crippen molar-refractivity contribution in [3.05, 3.63) is 106 Å². The van der Waals surface area contributed by atoms with Gasteiger partial charge < -0.3 is 4.57 Å². The van der Waals surface area contributed by atoms with Crippen molar-refractivity contribution in [3.8, 4) is 5.69 Å². The zero-order valence-corrected chi connectivity index (χ0v) is 25.3. The Morgan fingerprint density at radius 2 is 1.64 bits per heavy atom. The van der Waals surface area contributed by atoms with Crippen LogP contribution in [0.1, 0.15) is 22.5 Å². The molecule has 0 spiro atoms. The van der Waals surface area contributed by atoms with Crippen molar-refractivity contribution in [3.63, 3.8) is 0 Å². The van der Waals surface area contributed by atoms with Gasteiger partial charge in [-0.15, -0.1) is 11.8 Å². The smallest absolute Gasteiger partial charge is 0.264 e. The van der Waals surface area contributed by atoms with Crippen LogP contribution in [0, 0.1) is 20.8 Å². The second-order valence-electron chi connectivity index (χ2n) is 8.95. The first-order valence-electron chi connectivity index (χ1n) is 12.1. The fraction of sp³-hybridized carbons (Fsp3) is 0.172. The van der Waals surface area contributed by atoms with E-state index in [9.17, 15) is 13.2 Å². The molecule has 3 aromatic carbocycles. The molecule has 0 saturated carbocycles. The van der Waals surface area contributed by atoms with Crippen LogP contribution in [0.5, 0.6) is 0 Å². The second kappa shape index (κ2) is 12.2. The molecule has 4 aromatic rings. The Kier molecular flexibility index (Phi) is 8.99. The van der Waals surface area contributed by atoms with E-state index in [1.807, 2.05) is 69.5 Å². The van der Waals surface area contributed by atoms with Crippen molar-refractivity contribution < 1.29 is 13.2 Å². The second-order valence-corrected chi connectivity index (χ2v) is 12.6. The maximum absolute atomic E-state index is 13.6. The van der Waals surface area contributed by atoms with E-state index in [-0.39, 0.29) is 4.90 Å². The van der Waals surface area contributed by atoms with Crippen LogP contribution < -0.4 is 9.73 Å². The third kappa shape index (κ3) is 6.63. The predicted octanol–water partition coefficient (Wildman–Crippen LogP) is 6.23. The lowest BCUT2D eigenvalue weighted by atomic mass is 10.2. The normalized spacial score (nSPS) is 11.6. The van der Waals surface area contributed by atoms with Gasteiger partial charge in [-0.25, -0.2) is 13.8 Å². The number of anilines is 1. The van der Waals surface area contributed by atoms with Crippen LogP contribution in [0.25, 0.3) is 5.69 Å². The van der Waals surface area contributed by atoms with Crippen LogP contribution in [-0.2, 0) is 14.8 Å². The average molecular weight is 626 g/mol. The number of nitrogens with one attached hydrogen (secondary N) is 1. The molecular weight excluding hydrogens is 596 g/mol. The summed E-state index contributed by atoms with van der Waals surface area (Å²) in [7, 11) is -4.00. The first kappa shape index (κ1) is 28.7. The summed E-state index contributed by atoms with van der Waals surface area (Å²) in [5.74, 6) is -0.558. The van der Waals surface area contributed by atoms with E-state index in [1.165, 1.54) is 11.8 Å². The first-order valence-corrected chi connectivity index (χ1v) is 15.6. The molecule has 0 saturated heterocycles. The minimum atomic E-state index is -4.00. The van der Waals surface area contributed by atoms with Gasteiger partial charge in [-0.2, -0.15) is 5.10 Å². The molecule has 0 atom stereocenters. The molecule has 0 radical (unpaired) electrons. The summed E-state index contributed by atoms with van der Waals surface area (Å²) in [4.78, 5) is 14.0. The molecule has 1 aromatic heterocycles. The Morgan fingerprint density at radius 1 is 1.00 bits per heavy atom. The highest BCUT2D eigenvalue weighted by atomic mass is 79.9. The van der Waals surface area contributed by atoms with Crippen molar-refractivity contribution in [2.24, 2.45) is 5.10 Å². The molecule has 0 aliphatic rings. The van der Waals surface area contributed by atoms with Crippen molar-refractivity contribution in [2.75, 3.05) is 17.1 Å². The van der Waals surface area contributed by atoms with Crippen LogP contribution >= 0.6 is 27.7 Å². The SMILES string of the molecule is CSc1ccc(S(=O)(=O)N(CC(=O)N/N=C/c2cc(C)n(-c3ccc(Br)cc3)c2C)c2ccc(C)cc2)cc1. The number of benzene rings is 3. The van der Waals surface area contributed by atoms with E-state index in [4.69, 9.17) is 0 Å². The van der Waals surface area contributed by atoms with Crippen LogP contribution in [0.3, 0.4) is 0 Å². The number of thioether (sulfide) groups is 1. The molecule has 0 fully saturated rings. The largest absolute Gasteiger partial charge is 0.318 e. The Morgan fingerprint density at radius 3 is 2.26 bits per heavy atom. The van der Waals surface area contributed by atoms with Crippen LogP contribution in [0.2, 0.25) is 0 Å². The Labute approximate surface area is 242 Å². The Bertz CT molecular complexity index is 1600. The third-order valence-electron chi connectivity index (χ3n) is 6.20. The van der Waals surface area contributed by atoms with E-state index >= 15 is 0 Å². The summed E-state index contributed by atoms with van der Waals surface area (Å²) < 4.78 is 31.4. The number of halogens is 1. The number of carbonyl (C=O) groups is 1. The Hall–Kier alpha value is -3.34. The quantitative estimate of drug-likeness (QED) is 0.136. The van der Waals surface area contributed by atoms with Gasteiger partial charge in [-0.1, -0.05) is 33.6 Å². The highest BCUT2D eigenvalue weighted by Gasteiger charge is 2.27. The lowest BCUT2D eigenvalue weighted by Crippen LogP contribution is -2.39. The topological polar surface area (TPSA) is 83.8 Å². The number of aryl methyl sites for hydroxylation is 2. The van der Waals surface area contributed by atoms with E-state index in [1.54, 1.807) is 42.6 Å². The number of hydrazone groups is 1. The number of aromatic nitrogens is 1. The highest BCUT2D eigenvalue weighted by Crippen LogP contribution is 2.26. The molecular formula is C29H29BrN4O3S2. The van der Waals surface area contributed by atoms with Gasteiger partial charge in [0, 0.05) is 32.0 Å². The molecule has 202 valence electrons. The summed E-state index contributed by atoms with van der Waals surface area (Å²) in [6, 6.07) is 23.6. The molecule has 1 heterocycles. The number of carbonyl (C=O) groups excluding carboxylic acids is 1. The summed E-state index contributed by atoms with van der Waals surface area (Å²) in [5, 5.41) is 4.13. The van der Waals surface area contributed by atoms with Gasteiger partial charge >= 0.3 is 0 Å². The number of hydrogen-bond acceptors (Lipinski definition) is 5. The average Bonchev–Trinajstić information content (AvgIpc) is 3.21. The highest BCUT2D eigenvalue weighted by molar-refractivity contribution is 9.10. The van der Waals surface area contributed by atoms with Crippen molar-refractivity contribution in [2.45, 2.75) is 30.6 Å². The molecule has 4 rings (SSSR count). The van der Waals surface area contributed by atoms with E-state index in [2.05, 4.69) is 31.0 Å². The van der Waals surface area contributed by atoms with E-state index < -0.39 is 22.5 Å². The summed E-state index contributed by atoms with van der Waals surface area (Å²) in [6.45, 7) is 5.47. The lowest BCUT2D eigenvalue weighted by molar-refractivity contribution is -0.119. The molecule has 10 heteroatoms. The molecule has 39 heavy (non-hydrogen) atoms. The summed E-state index contributed by atoms with van der Waals surface area (Å²) in [6.07, 6.45) is 3.49. The molecule has 0 bridgehead atoms. The van der Waals surface area contributed by atoms with Crippen LogP contribution in [0.15, 0.2) is 98.2 Å². The van der Waals surface area contributed by atoms with Gasteiger partial charge in [0.25, 0.3) is 15.9 Å². The van der Waals surface area contributed by atoms with E-state index in [0.717, 1.165) is 41.9 Å². The number of nitrogens with zero attached hydrogens (tertiary/aromatic N) is 3. The Balaban J connectivity index is 1.54. The number of amides is 1. The number of hydrogen-bond donors (Lipinski definition) is 1. The van der Waals surface area contributed by atoms with Gasteiger partial charge in [0.05, 0.1) is 16.8 Å². The standard InChI is InChI=1S/C29H29BrN4O3S2/c1-20-5-9-25(10-6-20)33(39(36,37)28-15-13-27(38-4)14-16-28)19-29(35)32-31-18-23-17-21(2)34(22(23)3)26-11-7-24(30)8-12-26/h5-18H,19H2,1-4H3,(H,32,35)/b31-18+. The van der Waals surface area contributed by atoms with Gasteiger partial charge in [-0.05, 0) is 93.8 Å². The monoisotopic (exact) mass is 624 g/mol. The maximum atomic E-state index is 13.6. The van der Waals surface area contributed by atoms with Gasteiger partial charge in [0.2, 0.25) is 0 Å². The maximum Gasteiger partial charge on any atom is 0.264 e. The zero-order chi connectivity index (χ0) is 28.2. The number of rotatable bonds is 9. The fourth-order valence-electron chi connectivity index (χ4n) is 4.15. The van der Waals surface area contributed by atoms with E-state index in [0.29, 0.717) is 5.69 Å². The zero-order valence-electron chi connectivity index (χ0n) is 22.1. The molecule has 1 N–H and O–H groups in total. The predicted molar refractivity (Wildman–Crippen MR) is 163 cm³/mol. The fourth-order valence-corrected chi connectivity index (χ4v) is 6.24. The minimum Gasteiger partial charge on any atom is -0.318 e. The molecule has 1 amide bonds. The molecule has 0 aliphatic carbocycles. The molecule has 0 unspecified atom stereocenters. The summed E-state index contributed by atoms with van der Waals surface area (Å²) >= 11 is 4.98. The van der Waals surface area contributed by atoms with Crippen molar-refractivity contribution in [1.82, 2.24) is 9.99 Å². The van der Waals surface area contributed by atoms with Crippen molar-refractivity contribution >= 4 is 55.5 Å². The molecule has 7 nitrogen and oxygen atoms in total. The molecule has 0 aliphatic heterocycles. The first-order chi connectivity index (χ1) is 18.6. The van der Waals surface area contributed by atoms with Gasteiger partial charge in [0.1, 0.15) is 6.54 Å². The summed E-state index contributed by atoms with van der Waals surface area (Å²) in [5.41, 5.74) is 7.71. The third-order valence-corrected chi connectivity index (χ3v) is 9.26. The van der Waals surface area contributed by atoms with Crippen LogP contribution in [-0.4, -0.2) is 37.9 Å². The van der Waals surface area contributed by atoms with Gasteiger partial charge in [-0.3, -0.25) is 9.10 Å². The van der Waals surface area contributed by atoms with Crippen molar-refractivity contribution in [1.29, 1.82) is 0 Å². The number of sulfonamides is 1. The van der Waals surface area contributed by atoms with Gasteiger partial charge in [0.15, 0.2) is 0 Å². The minimum absolute atomic E-state index is 0.109. The lowest BCUT2D eigenvalue weighted by Gasteiger charge is -2.24.